The number of amides is 1. The quantitative estimate of drug-likeness (QED) is 0.880. The Bertz CT molecular complexity index is 505. The highest BCUT2D eigenvalue weighted by Gasteiger charge is 2.39. The first-order valence-corrected chi connectivity index (χ1v) is 8.77. The number of benzene rings is 1. The Balaban J connectivity index is 0.00000192. The Kier molecular flexibility index (Phi) is 6.10. The Hall–Kier alpha value is -1.06. The van der Waals surface area contributed by atoms with Crippen LogP contribution in [0.3, 0.4) is 0 Å². The van der Waals surface area contributed by atoms with Crippen molar-refractivity contribution in [2.75, 3.05) is 6.54 Å². The first-order valence-electron chi connectivity index (χ1n) is 8.77. The molecule has 1 amide bonds. The van der Waals surface area contributed by atoms with E-state index in [4.69, 9.17) is 5.73 Å². The van der Waals surface area contributed by atoms with E-state index in [9.17, 15) is 4.79 Å². The second kappa shape index (κ2) is 7.67. The normalized spacial score (nSPS) is 22.1. The highest BCUT2D eigenvalue weighted by Crippen LogP contribution is 2.40. The van der Waals surface area contributed by atoms with Gasteiger partial charge in [-0.05, 0) is 31.2 Å². The van der Waals surface area contributed by atoms with E-state index < -0.39 is 5.54 Å². The number of nitrogens with two attached hydrogens (primary N) is 1. The standard InChI is InChI=1S/C19H28N2O.ClH/c20-19(13-5-2-6-14-19)17(22)21-15-18(11-7-8-12-18)16-9-3-1-4-10-16;/h1,3-4,9-10H,2,5-8,11-15,20H2,(H,21,22);1H. The minimum Gasteiger partial charge on any atom is -0.354 e. The summed E-state index contributed by atoms with van der Waals surface area (Å²) in [4.78, 5) is 12.6. The van der Waals surface area contributed by atoms with Crippen molar-refractivity contribution in [2.45, 2.75) is 68.7 Å². The van der Waals surface area contributed by atoms with Crippen LogP contribution < -0.4 is 11.1 Å². The summed E-state index contributed by atoms with van der Waals surface area (Å²) in [6.07, 6.45) is 9.84. The van der Waals surface area contributed by atoms with Gasteiger partial charge in [0.2, 0.25) is 5.91 Å². The van der Waals surface area contributed by atoms with E-state index >= 15 is 0 Å². The minimum absolute atomic E-state index is 0. The van der Waals surface area contributed by atoms with E-state index in [0.717, 1.165) is 45.1 Å². The largest absolute Gasteiger partial charge is 0.354 e. The molecule has 2 aliphatic carbocycles. The molecule has 2 saturated carbocycles. The molecule has 4 heteroatoms. The highest BCUT2D eigenvalue weighted by molar-refractivity contribution is 5.86. The van der Waals surface area contributed by atoms with Crippen molar-refractivity contribution in [3.8, 4) is 0 Å². The zero-order chi connectivity index (χ0) is 15.5. The molecular formula is C19H29ClN2O. The third-order valence-corrected chi connectivity index (χ3v) is 5.73. The molecule has 0 atom stereocenters. The molecule has 0 aliphatic heterocycles. The molecule has 23 heavy (non-hydrogen) atoms. The molecule has 0 saturated heterocycles. The van der Waals surface area contributed by atoms with Gasteiger partial charge in [0.25, 0.3) is 0 Å². The highest BCUT2D eigenvalue weighted by atomic mass is 35.5. The van der Waals surface area contributed by atoms with Crippen molar-refractivity contribution in [1.29, 1.82) is 0 Å². The van der Waals surface area contributed by atoms with Gasteiger partial charge in [-0.25, -0.2) is 0 Å². The molecule has 0 aromatic heterocycles. The summed E-state index contributed by atoms with van der Waals surface area (Å²) in [6.45, 7) is 0.731. The lowest BCUT2D eigenvalue weighted by atomic mass is 9.78. The number of carbonyl (C=O) groups is 1. The summed E-state index contributed by atoms with van der Waals surface area (Å²) in [6, 6.07) is 10.7. The third kappa shape index (κ3) is 3.89. The predicted molar refractivity (Wildman–Crippen MR) is 96.8 cm³/mol. The van der Waals surface area contributed by atoms with Crippen LogP contribution in [0.2, 0.25) is 0 Å². The summed E-state index contributed by atoms with van der Waals surface area (Å²) in [5.41, 5.74) is 7.20. The maximum Gasteiger partial charge on any atom is 0.240 e. The molecule has 0 heterocycles. The van der Waals surface area contributed by atoms with E-state index in [0.29, 0.717) is 0 Å². The van der Waals surface area contributed by atoms with Gasteiger partial charge in [0, 0.05) is 12.0 Å². The molecule has 3 rings (SSSR count). The van der Waals surface area contributed by atoms with E-state index in [1.807, 2.05) is 0 Å². The Morgan fingerprint density at radius 2 is 1.52 bits per heavy atom. The Labute approximate surface area is 145 Å². The van der Waals surface area contributed by atoms with Crippen LogP contribution in [0, 0.1) is 0 Å². The lowest BCUT2D eigenvalue weighted by Crippen LogP contribution is -2.56. The number of nitrogens with one attached hydrogen (secondary N) is 1. The molecule has 1 aromatic carbocycles. The fraction of sp³-hybridized carbons (Fsp3) is 0.632. The van der Waals surface area contributed by atoms with Gasteiger partial charge in [-0.3, -0.25) is 4.79 Å². The third-order valence-electron chi connectivity index (χ3n) is 5.73. The second-order valence-corrected chi connectivity index (χ2v) is 7.25. The van der Waals surface area contributed by atoms with Crippen LogP contribution in [0.25, 0.3) is 0 Å². The van der Waals surface area contributed by atoms with Crippen molar-refractivity contribution < 1.29 is 4.79 Å². The maximum absolute atomic E-state index is 12.6. The molecule has 2 fully saturated rings. The molecule has 128 valence electrons. The monoisotopic (exact) mass is 336 g/mol. The number of hydrogen-bond acceptors (Lipinski definition) is 2. The van der Waals surface area contributed by atoms with Crippen LogP contribution in [0.15, 0.2) is 30.3 Å². The van der Waals surface area contributed by atoms with Gasteiger partial charge >= 0.3 is 0 Å². The summed E-state index contributed by atoms with van der Waals surface area (Å²) in [7, 11) is 0. The van der Waals surface area contributed by atoms with Gasteiger partial charge < -0.3 is 11.1 Å². The molecular weight excluding hydrogens is 308 g/mol. The number of hydrogen-bond donors (Lipinski definition) is 2. The Morgan fingerprint density at radius 3 is 2.13 bits per heavy atom. The second-order valence-electron chi connectivity index (χ2n) is 7.25. The van der Waals surface area contributed by atoms with E-state index in [1.165, 1.54) is 24.8 Å². The van der Waals surface area contributed by atoms with Crippen molar-refractivity contribution in [3.05, 3.63) is 35.9 Å². The fourth-order valence-electron chi connectivity index (χ4n) is 4.25. The van der Waals surface area contributed by atoms with Gasteiger partial charge in [0.15, 0.2) is 0 Å². The molecule has 0 spiro atoms. The average molecular weight is 337 g/mol. The zero-order valence-electron chi connectivity index (χ0n) is 13.9. The topological polar surface area (TPSA) is 55.1 Å². The summed E-state index contributed by atoms with van der Waals surface area (Å²) < 4.78 is 0. The molecule has 3 nitrogen and oxygen atoms in total. The first kappa shape index (κ1) is 18.3. The van der Waals surface area contributed by atoms with E-state index in [1.54, 1.807) is 0 Å². The van der Waals surface area contributed by atoms with Crippen LogP contribution in [0.4, 0.5) is 0 Å². The van der Waals surface area contributed by atoms with Gasteiger partial charge in [-0.15, -0.1) is 12.4 Å². The maximum atomic E-state index is 12.6. The van der Waals surface area contributed by atoms with Crippen LogP contribution in [0.1, 0.15) is 63.4 Å². The summed E-state index contributed by atoms with van der Waals surface area (Å²) in [5.74, 6) is 0.0643. The molecule has 1 aromatic rings. The van der Waals surface area contributed by atoms with Crippen molar-refractivity contribution in [1.82, 2.24) is 5.32 Å². The van der Waals surface area contributed by atoms with Crippen LogP contribution in [0.5, 0.6) is 0 Å². The predicted octanol–water partition coefficient (Wildman–Crippen LogP) is 3.70. The lowest BCUT2D eigenvalue weighted by molar-refractivity contribution is -0.127. The number of carbonyl (C=O) groups excluding carboxylic acids is 1. The summed E-state index contributed by atoms with van der Waals surface area (Å²) >= 11 is 0. The zero-order valence-corrected chi connectivity index (χ0v) is 14.7. The molecule has 0 bridgehead atoms. The van der Waals surface area contributed by atoms with Crippen LogP contribution in [-0.2, 0) is 10.2 Å². The Morgan fingerprint density at radius 1 is 0.957 bits per heavy atom. The summed E-state index contributed by atoms with van der Waals surface area (Å²) in [5, 5.41) is 3.21. The average Bonchev–Trinajstić information content (AvgIpc) is 3.04. The minimum atomic E-state index is -0.630. The van der Waals surface area contributed by atoms with Gasteiger partial charge in [-0.2, -0.15) is 0 Å². The fourth-order valence-corrected chi connectivity index (χ4v) is 4.25. The van der Waals surface area contributed by atoms with Gasteiger partial charge in [0.1, 0.15) is 0 Å². The van der Waals surface area contributed by atoms with Crippen molar-refractivity contribution >= 4 is 18.3 Å². The number of halogens is 1. The SMILES string of the molecule is Cl.NC1(C(=O)NCC2(c3ccccc3)CCCC2)CCCCC1. The van der Waals surface area contributed by atoms with Crippen molar-refractivity contribution in [2.24, 2.45) is 5.73 Å². The molecule has 0 unspecified atom stereocenters. The van der Waals surface area contributed by atoms with E-state index in [-0.39, 0.29) is 23.7 Å². The van der Waals surface area contributed by atoms with Crippen molar-refractivity contribution in [3.63, 3.8) is 0 Å². The number of rotatable bonds is 4. The van der Waals surface area contributed by atoms with Gasteiger partial charge in [0.05, 0.1) is 5.54 Å². The van der Waals surface area contributed by atoms with E-state index in [2.05, 4.69) is 35.6 Å². The molecule has 2 aliphatic rings. The molecule has 3 N–H and O–H groups in total. The first-order chi connectivity index (χ1) is 10.6. The van der Waals surface area contributed by atoms with Gasteiger partial charge in [-0.1, -0.05) is 62.4 Å². The lowest BCUT2D eigenvalue weighted by Gasteiger charge is -2.35. The van der Waals surface area contributed by atoms with Crippen LogP contribution in [-0.4, -0.2) is 18.0 Å². The smallest absolute Gasteiger partial charge is 0.240 e. The van der Waals surface area contributed by atoms with Crippen LogP contribution >= 0.6 is 12.4 Å². The molecule has 0 radical (unpaired) electrons.